The van der Waals surface area contributed by atoms with E-state index >= 15 is 0 Å². The number of aliphatic hydroxyl groups excluding tert-OH is 1. The third kappa shape index (κ3) is 5.75. The maximum Gasteiger partial charge on any atom is 0.165 e. The predicted octanol–water partition coefficient (Wildman–Crippen LogP) is 4.23. The zero-order valence-corrected chi connectivity index (χ0v) is 15.4. The van der Waals surface area contributed by atoms with Gasteiger partial charge in [-0.3, -0.25) is 0 Å². The van der Waals surface area contributed by atoms with Gasteiger partial charge in [-0.15, -0.1) is 0 Å². The van der Waals surface area contributed by atoms with Crippen LogP contribution in [-0.2, 0) is 0 Å². The second-order valence-corrected chi connectivity index (χ2v) is 6.41. The molecule has 0 saturated heterocycles. The Morgan fingerprint density at radius 1 is 1.16 bits per heavy atom. The monoisotopic (exact) mass is 387 g/mol. The van der Waals surface area contributed by atoms with Crippen molar-refractivity contribution >= 4 is 23.2 Å². The molecule has 4 nitrogen and oxygen atoms in total. The average molecular weight is 388 g/mol. The average Bonchev–Trinajstić information content (AvgIpc) is 2.58. The molecule has 0 aromatic heterocycles. The summed E-state index contributed by atoms with van der Waals surface area (Å²) in [4.78, 5) is 0. The van der Waals surface area contributed by atoms with Crippen LogP contribution in [0.5, 0.6) is 11.5 Å². The first kappa shape index (κ1) is 19.8. The van der Waals surface area contributed by atoms with Crippen molar-refractivity contribution in [2.75, 3.05) is 20.3 Å². The third-order valence-corrected chi connectivity index (χ3v) is 4.19. The molecule has 136 valence electrons. The number of rotatable bonds is 8. The van der Waals surface area contributed by atoms with Gasteiger partial charge in [-0.05, 0) is 42.8 Å². The van der Waals surface area contributed by atoms with Crippen molar-refractivity contribution in [3.63, 3.8) is 0 Å². The summed E-state index contributed by atoms with van der Waals surface area (Å²) in [5.41, 5.74) is 0.757. The van der Waals surface area contributed by atoms with Gasteiger partial charge in [0.1, 0.15) is 18.5 Å². The van der Waals surface area contributed by atoms with E-state index in [4.69, 9.17) is 32.7 Å². The van der Waals surface area contributed by atoms with Crippen LogP contribution in [0.3, 0.4) is 0 Å². The second-order valence-electron chi connectivity index (χ2n) is 5.56. The van der Waals surface area contributed by atoms with Gasteiger partial charge in [-0.1, -0.05) is 29.3 Å². The molecule has 25 heavy (non-hydrogen) atoms. The summed E-state index contributed by atoms with van der Waals surface area (Å²) in [6.45, 7) is 2.23. The van der Waals surface area contributed by atoms with Crippen molar-refractivity contribution in [2.24, 2.45) is 0 Å². The van der Waals surface area contributed by atoms with E-state index in [1.807, 2.05) is 6.92 Å². The van der Waals surface area contributed by atoms with Crippen molar-refractivity contribution in [3.05, 3.63) is 57.8 Å². The molecule has 2 rings (SSSR count). The minimum Gasteiger partial charge on any atom is -0.494 e. The molecule has 0 aliphatic heterocycles. The van der Waals surface area contributed by atoms with Crippen molar-refractivity contribution < 1.29 is 19.0 Å². The van der Waals surface area contributed by atoms with Gasteiger partial charge in [-0.2, -0.15) is 0 Å². The van der Waals surface area contributed by atoms with E-state index in [2.05, 4.69) is 5.32 Å². The van der Waals surface area contributed by atoms with Crippen LogP contribution in [0.1, 0.15) is 18.5 Å². The van der Waals surface area contributed by atoms with Crippen molar-refractivity contribution in [2.45, 2.75) is 19.1 Å². The molecule has 2 atom stereocenters. The molecule has 7 heteroatoms. The number of methoxy groups -OCH3 is 1. The molecule has 0 bridgehead atoms. The molecule has 0 aliphatic rings. The summed E-state index contributed by atoms with van der Waals surface area (Å²) in [5.74, 6) is 0.231. The number of halogens is 3. The van der Waals surface area contributed by atoms with Crippen molar-refractivity contribution in [3.8, 4) is 11.5 Å². The van der Waals surface area contributed by atoms with E-state index < -0.39 is 11.9 Å². The smallest absolute Gasteiger partial charge is 0.165 e. The second kappa shape index (κ2) is 9.25. The van der Waals surface area contributed by atoms with Crippen LogP contribution in [0.25, 0.3) is 0 Å². The lowest BCUT2D eigenvalue weighted by Crippen LogP contribution is -2.33. The van der Waals surface area contributed by atoms with Gasteiger partial charge in [0.05, 0.1) is 12.1 Å². The zero-order chi connectivity index (χ0) is 18.4. The normalized spacial score (nSPS) is 13.4. The van der Waals surface area contributed by atoms with E-state index in [-0.39, 0.29) is 24.9 Å². The standard InChI is InChI=1S/C18H20Cl2FNO3/c1-11(12-3-5-18(24-2)16(21)7-12)22-9-14(23)10-25-17-6-4-13(19)8-15(17)20/h3-8,11,14,22-23H,9-10H2,1-2H3/t11-,14-/m1/s1. The molecule has 0 radical (unpaired) electrons. The highest BCUT2D eigenvalue weighted by atomic mass is 35.5. The molecule has 2 aromatic rings. The van der Waals surface area contributed by atoms with Crippen molar-refractivity contribution in [1.29, 1.82) is 0 Å². The number of aliphatic hydroxyl groups is 1. The molecule has 0 unspecified atom stereocenters. The fourth-order valence-corrected chi connectivity index (χ4v) is 2.68. The first-order valence-corrected chi connectivity index (χ1v) is 8.49. The molecule has 0 amide bonds. The molecule has 0 heterocycles. The fraction of sp³-hybridized carbons (Fsp3) is 0.333. The maximum absolute atomic E-state index is 13.7. The Morgan fingerprint density at radius 3 is 2.52 bits per heavy atom. The molecule has 2 aromatic carbocycles. The van der Waals surface area contributed by atoms with Gasteiger partial charge in [0.2, 0.25) is 0 Å². The van der Waals surface area contributed by atoms with E-state index in [1.165, 1.54) is 13.2 Å². The fourth-order valence-electron chi connectivity index (χ4n) is 2.22. The highest BCUT2D eigenvalue weighted by molar-refractivity contribution is 6.35. The SMILES string of the molecule is COc1ccc([C@@H](C)NC[C@@H](O)COc2ccc(Cl)cc2Cl)cc1F. The predicted molar refractivity (Wildman–Crippen MR) is 97.3 cm³/mol. The van der Waals surface area contributed by atoms with E-state index in [0.29, 0.717) is 15.8 Å². The topological polar surface area (TPSA) is 50.7 Å². The van der Waals surface area contributed by atoms with E-state index in [9.17, 15) is 9.50 Å². The molecule has 0 aliphatic carbocycles. The van der Waals surface area contributed by atoms with Crippen LogP contribution < -0.4 is 14.8 Å². The highest BCUT2D eigenvalue weighted by Gasteiger charge is 2.12. The van der Waals surface area contributed by atoms with Gasteiger partial charge in [0.15, 0.2) is 11.6 Å². The summed E-state index contributed by atoms with van der Waals surface area (Å²) in [6.07, 6.45) is -0.753. The number of benzene rings is 2. The lowest BCUT2D eigenvalue weighted by molar-refractivity contribution is 0.104. The Kier molecular flexibility index (Phi) is 7.32. The van der Waals surface area contributed by atoms with E-state index in [0.717, 1.165) is 5.56 Å². The summed E-state index contributed by atoms with van der Waals surface area (Å²) >= 11 is 11.8. The lowest BCUT2D eigenvalue weighted by Gasteiger charge is -2.18. The first-order chi connectivity index (χ1) is 11.9. The van der Waals surface area contributed by atoms with Gasteiger partial charge >= 0.3 is 0 Å². The lowest BCUT2D eigenvalue weighted by atomic mass is 10.1. The van der Waals surface area contributed by atoms with Crippen molar-refractivity contribution in [1.82, 2.24) is 5.32 Å². The van der Waals surface area contributed by atoms with Crippen LogP contribution in [-0.4, -0.2) is 31.5 Å². The Labute approximate surface area is 156 Å². The molecule has 0 spiro atoms. The minimum absolute atomic E-state index is 0.0675. The van der Waals surface area contributed by atoms with Crippen LogP contribution in [0, 0.1) is 5.82 Å². The molecule has 0 saturated carbocycles. The van der Waals surface area contributed by atoms with Crippen LogP contribution >= 0.6 is 23.2 Å². The van der Waals surface area contributed by atoms with E-state index in [1.54, 1.807) is 30.3 Å². The quantitative estimate of drug-likeness (QED) is 0.711. The molecular weight excluding hydrogens is 368 g/mol. The number of hydrogen-bond donors (Lipinski definition) is 2. The Balaban J connectivity index is 1.82. The minimum atomic E-state index is -0.753. The largest absolute Gasteiger partial charge is 0.494 e. The summed E-state index contributed by atoms with van der Waals surface area (Å²) in [7, 11) is 1.42. The highest BCUT2D eigenvalue weighted by Crippen LogP contribution is 2.27. The summed E-state index contributed by atoms with van der Waals surface area (Å²) in [5, 5.41) is 14.1. The third-order valence-electron chi connectivity index (χ3n) is 3.66. The molecule has 2 N–H and O–H groups in total. The Morgan fingerprint density at radius 2 is 1.88 bits per heavy atom. The van der Waals surface area contributed by atoms with Gasteiger partial charge < -0.3 is 19.9 Å². The van der Waals surface area contributed by atoms with Crippen LogP contribution in [0.2, 0.25) is 10.0 Å². The van der Waals surface area contributed by atoms with Crippen LogP contribution in [0.15, 0.2) is 36.4 Å². The number of nitrogens with one attached hydrogen (secondary N) is 1. The molecule has 0 fully saturated rings. The summed E-state index contributed by atoms with van der Waals surface area (Å²) < 4.78 is 24.1. The first-order valence-electron chi connectivity index (χ1n) is 7.73. The Bertz CT molecular complexity index is 715. The zero-order valence-electron chi connectivity index (χ0n) is 13.9. The van der Waals surface area contributed by atoms with Gasteiger partial charge in [0, 0.05) is 17.6 Å². The van der Waals surface area contributed by atoms with Gasteiger partial charge in [0.25, 0.3) is 0 Å². The molecular formula is C18H20Cl2FNO3. The van der Waals surface area contributed by atoms with Gasteiger partial charge in [-0.25, -0.2) is 4.39 Å². The summed E-state index contributed by atoms with van der Waals surface area (Å²) in [6, 6.07) is 9.49. The van der Waals surface area contributed by atoms with Crippen LogP contribution in [0.4, 0.5) is 4.39 Å². The Hall–Kier alpha value is -1.53. The number of hydrogen-bond acceptors (Lipinski definition) is 4. The number of ether oxygens (including phenoxy) is 2. The maximum atomic E-state index is 13.7.